The van der Waals surface area contributed by atoms with Crippen molar-refractivity contribution in [2.24, 2.45) is 0 Å². The van der Waals surface area contributed by atoms with Crippen LogP contribution in [0.3, 0.4) is 0 Å². The average molecular weight is 234 g/mol. The van der Waals surface area contributed by atoms with Gasteiger partial charge in [-0.15, -0.1) is 0 Å². The van der Waals surface area contributed by atoms with Crippen molar-refractivity contribution in [3.8, 4) is 11.8 Å². The van der Waals surface area contributed by atoms with Gasteiger partial charge in [0.05, 0.1) is 24.2 Å². The molecule has 0 amide bonds. The highest BCUT2D eigenvalue weighted by molar-refractivity contribution is 5.52. The molecule has 1 aromatic rings. The lowest BCUT2D eigenvalue weighted by molar-refractivity contribution is -0.385. The fourth-order valence-electron chi connectivity index (χ4n) is 1.63. The largest absolute Gasteiger partial charge is 0.488 e. The molecule has 2 rings (SSSR count). The van der Waals surface area contributed by atoms with Gasteiger partial charge in [0.15, 0.2) is 0 Å². The molecule has 6 heteroatoms. The third-order valence-electron chi connectivity index (χ3n) is 2.48. The number of rotatable bonds is 3. The normalized spacial score (nSPS) is 18.6. The van der Waals surface area contributed by atoms with Crippen LogP contribution >= 0.6 is 0 Å². The summed E-state index contributed by atoms with van der Waals surface area (Å²) in [5.41, 5.74) is -0.200. The molecule has 0 N–H and O–H groups in total. The van der Waals surface area contributed by atoms with E-state index >= 15 is 0 Å². The van der Waals surface area contributed by atoms with Crippen LogP contribution < -0.4 is 4.74 Å². The molecule has 17 heavy (non-hydrogen) atoms. The molecule has 88 valence electrons. The van der Waals surface area contributed by atoms with E-state index in [2.05, 4.69) is 0 Å². The molecule has 1 atom stereocenters. The quantitative estimate of drug-likeness (QED) is 0.586. The lowest BCUT2D eigenvalue weighted by Crippen LogP contribution is -2.15. The van der Waals surface area contributed by atoms with Crippen molar-refractivity contribution in [1.82, 2.24) is 0 Å². The molecule has 0 spiro atoms. The van der Waals surface area contributed by atoms with E-state index in [4.69, 9.17) is 14.7 Å². The summed E-state index contributed by atoms with van der Waals surface area (Å²) in [7, 11) is 0. The minimum Gasteiger partial charge on any atom is -0.488 e. The molecule has 0 radical (unpaired) electrons. The monoisotopic (exact) mass is 234 g/mol. The fourth-order valence-corrected chi connectivity index (χ4v) is 1.63. The number of nitro benzene ring substituents is 1. The number of nitrogens with zero attached hydrogens (tertiary/aromatic N) is 2. The number of benzene rings is 1. The zero-order valence-corrected chi connectivity index (χ0v) is 8.96. The zero-order valence-electron chi connectivity index (χ0n) is 8.96. The molecule has 1 aliphatic rings. The van der Waals surface area contributed by atoms with Gasteiger partial charge in [0.25, 0.3) is 5.69 Å². The van der Waals surface area contributed by atoms with Crippen molar-refractivity contribution in [2.75, 3.05) is 13.2 Å². The van der Waals surface area contributed by atoms with E-state index in [1.807, 2.05) is 0 Å². The van der Waals surface area contributed by atoms with Crippen LogP contribution in [-0.4, -0.2) is 24.2 Å². The second-order valence-corrected chi connectivity index (χ2v) is 3.65. The standard InChI is InChI=1S/C11H10N2O4/c12-6-8-1-2-9(5-11(8)13(14)15)17-10-3-4-16-7-10/h1-2,5,10H,3-4,7H2. The lowest BCUT2D eigenvalue weighted by Gasteiger charge is -2.11. The van der Waals surface area contributed by atoms with Gasteiger partial charge in [0.2, 0.25) is 0 Å². The summed E-state index contributed by atoms with van der Waals surface area (Å²) in [5, 5.41) is 19.5. The van der Waals surface area contributed by atoms with Gasteiger partial charge < -0.3 is 9.47 Å². The Bertz CT molecular complexity index is 475. The van der Waals surface area contributed by atoms with Crippen molar-refractivity contribution in [2.45, 2.75) is 12.5 Å². The molecule has 1 unspecified atom stereocenters. The number of nitriles is 1. The summed E-state index contributed by atoms with van der Waals surface area (Å²) in [6.07, 6.45) is 0.705. The SMILES string of the molecule is N#Cc1ccc(OC2CCOC2)cc1[N+](=O)[O-]. The van der Waals surface area contributed by atoms with Crippen LogP contribution in [-0.2, 0) is 4.74 Å². The summed E-state index contributed by atoms with van der Waals surface area (Å²) >= 11 is 0. The van der Waals surface area contributed by atoms with Gasteiger partial charge in [-0.05, 0) is 12.1 Å². The van der Waals surface area contributed by atoms with Gasteiger partial charge in [0.1, 0.15) is 23.5 Å². The first-order valence-corrected chi connectivity index (χ1v) is 5.13. The summed E-state index contributed by atoms with van der Waals surface area (Å²) in [5.74, 6) is 0.395. The highest BCUT2D eigenvalue weighted by atomic mass is 16.6. The summed E-state index contributed by atoms with van der Waals surface area (Å²) in [6, 6.07) is 6.00. The van der Waals surface area contributed by atoms with Gasteiger partial charge in [-0.25, -0.2) is 0 Å². The highest BCUT2D eigenvalue weighted by Crippen LogP contribution is 2.25. The fraction of sp³-hybridized carbons (Fsp3) is 0.364. The van der Waals surface area contributed by atoms with Gasteiger partial charge >= 0.3 is 0 Å². The maximum atomic E-state index is 10.7. The molecule has 1 saturated heterocycles. The van der Waals surface area contributed by atoms with Crippen molar-refractivity contribution < 1.29 is 14.4 Å². The maximum Gasteiger partial charge on any atom is 0.290 e. The second-order valence-electron chi connectivity index (χ2n) is 3.65. The van der Waals surface area contributed by atoms with E-state index in [1.54, 1.807) is 12.1 Å². The molecule has 1 fully saturated rings. The minimum absolute atomic E-state index is 0.0324. The summed E-state index contributed by atoms with van der Waals surface area (Å²) in [4.78, 5) is 10.2. The van der Waals surface area contributed by atoms with Crippen LogP contribution in [0.2, 0.25) is 0 Å². The van der Waals surface area contributed by atoms with Crippen molar-refractivity contribution in [3.05, 3.63) is 33.9 Å². The van der Waals surface area contributed by atoms with Crippen molar-refractivity contribution >= 4 is 5.69 Å². The zero-order chi connectivity index (χ0) is 12.3. The summed E-state index contributed by atoms with van der Waals surface area (Å²) < 4.78 is 10.7. The molecule has 0 saturated carbocycles. The van der Waals surface area contributed by atoms with E-state index in [0.29, 0.717) is 19.0 Å². The van der Waals surface area contributed by atoms with Crippen LogP contribution in [0.15, 0.2) is 18.2 Å². The van der Waals surface area contributed by atoms with E-state index in [0.717, 1.165) is 6.42 Å². The minimum atomic E-state index is -0.587. The van der Waals surface area contributed by atoms with Crippen LogP contribution in [0.1, 0.15) is 12.0 Å². The van der Waals surface area contributed by atoms with Crippen LogP contribution in [0.25, 0.3) is 0 Å². The molecule has 0 bridgehead atoms. The first-order chi connectivity index (χ1) is 8.20. The molecule has 0 aliphatic carbocycles. The molecule has 1 aromatic carbocycles. The van der Waals surface area contributed by atoms with Gasteiger partial charge in [0, 0.05) is 6.42 Å². The third-order valence-corrected chi connectivity index (χ3v) is 2.48. The van der Waals surface area contributed by atoms with Crippen molar-refractivity contribution in [3.63, 3.8) is 0 Å². The Morgan fingerprint density at radius 1 is 1.59 bits per heavy atom. The Labute approximate surface area is 97.5 Å². The van der Waals surface area contributed by atoms with E-state index < -0.39 is 4.92 Å². The molecule has 6 nitrogen and oxygen atoms in total. The molecule has 1 aliphatic heterocycles. The van der Waals surface area contributed by atoms with Gasteiger partial charge in [-0.1, -0.05) is 0 Å². The Hall–Kier alpha value is -2.13. The Morgan fingerprint density at radius 3 is 3.00 bits per heavy atom. The van der Waals surface area contributed by atoms with Gasteiger partial charge in [-0.2, -0.15) is 5.26 Å². The molecule has 1 heterocycles. The Morgan fingerprint density at radius 2 is 2.41 bits per heavy atom. The smallest absolute Gasteiger partial charge is 0.290 e. The first-order valence-electron chi connectivity index (χ1n) is 5.13. The topological polar surface area (TPSA) is 85.4 Å². The van der Waals surface area contributed by atoms with Crippen LogP contribution in [0.5, 0.6) is 5.75 Å². The van der Waals surface area contributed by atoms with E-state index in [1.165, 1.54) is 12.1 Å². The molecular formula is C11H10N2O4. The predicted octanol–water partition coefficient (Wildman–Crippen LogP) is 1.63. The molecule has 0 aromatic heterocycles. The van der Waals surface area contributed by atoms with Crippen LogP contribution in [0.4, 0.5) is 5.69 Å². The first kappa shape index (κ1) is 11.4. The number of hydrogen-bond donors (Lipinski definition) is 0. The van der Waals surface area contributed by atoms with Crippen molar-refractivity contribution in [1.29, 1.82) is 5.26 Å². The van der Waals surface area contributed by atoms with E-state index in [-0.39, 0.29) is 17.4 Å². The van der Waals surface area contributed by atoms with Gasteiger partial charge in [-0.3, -0.25) is 10.1 Å². The van der Waals surface area contributed by atoms with E-state index in [9.17, 15) is 10.1 Å². The Balaban J connectivity index is 2.21. The Kier molecular flexibility index (Phi) is 3.21. The average Bonchev–Trinajstić information content (AvgIpc) is 2.81. The summed E-state index contributed by atoms with van der Waals surface area (Å²) in [6.45, 7) is 1.14. The lowest BCUT2D eigenvalue weighted by atomic mass is 10.2. The number of nitro groups is 1. The number of hydrogen-bond acceptors (Lipinski definition) is 5. The van der Waals surface area contributed by atoms with Crippen LogP contribution in [0, 0.1) is 21.4 Å². The molecular weight excluding hydrogens is 224 g/mol. The predicted molar refractivity (Wildman–Crippen MR) is 57.7 cm³/mol. The highest BCUT2D eigenvalue weighted by Gasteiger charge is 2.20. The number of ether oxygens (including phenoxy) is 2. The third kappa shape index (κ3) is 2.52. The second kappa shape index (κ2) is 4.80. The maximum absolute atomic E-state index is 10.7.